The molecule has 0 atom stereocenters. The average Bonchev–Trinajstić information content (AvgIpc) is 3.01. The lowest BCUT2D eigenvalue weighted by molar-refractivity contribution is 0.0640. The van der Waals surface area contributed by atoms with Crippen LogP contribution in [-0.2, 0) is 5.75 Å². The van der Waals surface area contributed by atoms with Gasteiger partial charge in [0.1, 0.15) is 11.5 Å². The maximum atomic E-state index is 14.4. The van der Waals surface area contributed by atoms with Crippen molar-refractivity contribution in [3.8, 4) is 5.69 Å². The number of fused-ring (bicyclic) bond motifs is 1. The van der Waals surface area contributed by atoms with Gasteiger partial charge in [-0.05, 0) is 31.9 Å². The fourth-order valence-electron chi connectivity index (χ4n) is 2.59. The Morgan fingerprint density at radius 3 is 2.70 bits per heavy atom. The van der Waals surface area contributed by atoms with Crippen molar-refractivity contribution in [2.24, 2.45) is 0 Å². The first-order valence-corrected chi connectivity index (χ1v) is 8.06. The molecule has 0 amide bonds. The van der Waals surface area contributed by atoms with Crippen LogP contribution in [0.3, 0.4) is 0 Å². The van der Waals surface area contributed by atoms with Gasteiger partial charge in [0, 0.05) is 17.9 Å². The van der Waals surface area contributed by atoms with Crippen LogP contribution >= 0.6 is 23.5 Å². The molecule has 0 unspecified atom stereocenters. The molecule has 0 aliphatic carbocycles. The average molecular weight is 365 g/mol. The van der Waals surface area contributed by atoms with Crippen molar-refractivity contribution >= 4 is 29.2 Å². The highest BCUT2D eigenvalue weighted by molar-refractivity contribution is 8.00. The molecule has 3 rings (SSSR count). The van der Waals surface area contributed by atoms with Crippen molar-refractivity contribution in [1.29, 1.82) is 0 Å². The summed E-state index contributed by atoms with van der Waals surface area (Å²) < 4.78 is 43.1. The van der Waals surface area contributed by atoms with Crippen LogP contribution in [0.25, 0.3) is 5.69 Å². The second-order valence-corrected chi connectivity index (χ2v) is 6.27. The van der Waals surface area contributed by atoms with Gasteiger partial charge in [-0.1, -0.05) is 11.6 Å². The molecule has 0 bridgehead atoms. The predicted octanol–water partition coefficient (Wildman–Crippen LogP) is 3.52. The summed E-state index contributed by atoms with van der Waals surface area (Å²) in [5.41, 5.74) is -0.143. The maximum absolute atomic E-state index is 14.4. The van der Waals surface area contributed by atoms with Crippen LogP contribution in [0.5, 0.6) is 0 Å². The number of anilines is 1. The molecule has 5 nitrogen and oxygen atoms in total. The number of hydrogen-bond donors (Lipinski definition) is 0. The second-order valence-electron chi connectivity index (χ2n) is 4.87. The molecule has 0 N–H and O–H groups in total. The Bertz CT molecular complexity index is 836. The number of halogens is 4. The summed E-state index contributed by atoms with van der Waals surface area (Å²) in [6.45, 7) is 0.761. The minimum atomic E-state index is -3.04. The van der Waals surface area contributed by atoms with E-state index in [9.17, 15) is 18.0 Å². The highest BCUT2D eigenvalue weighted by atomic mass is 35.5. The van der Waals surface area contributed by atoms with E-state index in [-0.39, 0.29) is 21.1 Å². The molecule has 1 aliphatic heterocycles. The smallest absolute Gasteiger partial charge is 0.314 e. The van der Waals surface area contributed by atoms with Crippen LogP contribution in [0.15, 0.2) is 10.9 Å². The van der Waals surface area contributed by atoms with Crippen LogP contribution in [-0.4, -0.2) is 20.9 Å². The van der Waals surface area contributed by atoms with E-state index in [1.54, 1.807) is 0 Å². The highest BCUT2D eigenvalue weighted by Crippen LogP contribution is 2.45. The Labute approximate surface area is 138 Å². The van der Waals surface area contributed by atoms with Gasteiger partial charge in [-0.2, -0.15) is 13.5 Å². The molecule has 1 aromatic carbocycles. The van der Waals surface area contributed by atoms with E-state index in [2.05, 4.69) is 5.10 Å². The zero-order valence-electron chi connectivity index (χ0n) is 12.2. The Kier molecular flexibility index (Phi) is 4.09. The number of alkyl halides is 2. The van der Waals surface area contributed by atoms with Gasteiger partial charge in [-0.15, -0.1) is 5.10 Å². The molecule has 10 heteroatoms. The van der Waals surface area contributed by atoms with Gasteiger partial charge in [0.25, 0.3) is 0 Å². The minimum absolute atomic E-state index is 0.125. The second kappa shape index (κ2) is 5.79. The largest absolute Gasteiger partial charge is 0.355 e. The molecule has 1 aromatic heterocycles. The third-order valence-corrected chi connectivity index (χ3v) is 5.02. The van der Waals surface area contributed by atoms with Crippen molar-refractivity contribution in [2.75, 3.05) is 10.8 Å². The van der Waals surface area contributed by atoms with Crippen LogP contribution in [0.4, 0.5) is 18.9 Å². The SMILES string of the molecule is CCN1SCc2c1c(Cl)cc(F)c2-n1nc(C)n(C(F)F)c1=O. The first kappa shape index (κ1) is 16.3. The van der Waals surface area contributed by atoms with Crippen molar-refractivity contribution in [3.63, 3.8) is 0 Å². The number of aromatic nitrogens is 3. The van der Waals surface area contributed by atoms with E-state index in [1.165, 1.54) is 18.9 Å². The molecular weight excluding hydrogens is 353 g/mol. The van der Waals surface area contributed by atoms with Gasteiger partial charge in [0.2, 0.25) is 0 Å². The van der Waals surface area contributed by atoms with Crippen LogP contribution in [0.2, 0.25) is 5.02 Å². The van der Waals surface area contributed by atoms with Gasteiger partial charge >= 0.3 is 12.2 Å². The quantitative estimate of drug-likeness (QED) is 0.782. The molecule has 124 valence electrons. The molecule has 0 radical (unpaired) electrons. The summed E-state index contributed by atoms with van der Waals surface area (Å²) in [4.78, 5) is 12.2. The van der Waals surface area contributed by atoms with Gasteiger partial charge in [0.15, 0.2) is 5.82 Å². The van der Waals surface area contributed by atoms with Crippen molar-refractivity contribution in [3.05, 3.63) is 38.8 Å². The molecular formula is C13H12ClF3N4OS. The fraction of sp³-hybridized carbons (Fsp3) is 0.385. The Balaban J connectivity index is 2.29. The van der Waals surface area contributed by atoms with E-state index >= 15 is 0 Å². The summed E-state index contributed by atoms with van der Waals surface area (Å²) in [5, 5.41) is 4.01. The normalized spacial score (nSPS) is 14.0. The van der Waals surface area contributed by atoms with Crippen LogP contribution in [0.1, 0.15) is 24.9 Å². The lowest BCUT2D eigenvalue weighted by Gasteiger charge is -2.17. The summed E-state index contributed by atoms with van der Waals surface area (Å²) in [6, 6.07) is 1.08. The number of benzene rings is 1. The summed E-state index contributed by atoms with van der Waals surface area (Å²) in [5.74, 6) is -0.581. The topological polar surface area (TPSA) is 43.1 Å². The van der Waals surface area contributed by atoms with Gasteiger partial charge < -0.3 is 4.31 Å². The maximum Gasteiger partial charge on any atom is 0.355 e. The predicted molar refractivity (Wildman–Crippen MR) is 83.1 cm³/mol. The van der Waals surface area contributed by atoms with Crippen molar-refractivity contribution in [1.82, 2.24) is 14.3 Å². The first-order chi connectivity index (χ1) is 10.9. The molecule has 1 aliphatic rings. The van der Waals surface area contributed by atoms with E-state index in [4.69, 9.17) is 11.6 Å². The molecule has 2 heterocycles. The van der Waals surface area contributed by atoms with E-state index in [0.29, 0.717) is 28.2 Å². The minimum Gasteiger partial charge on any atom is -0.314 e. The van der Waals surface area contributed by atoms with E-state index < -0.39 is 18.1 Å². The number of hydrogen-bond acceptors (Lipinski definition) is 4. The summed E-state index contributed by atoms with van der Waals surface area (Å²) in [7, 11) is 0. The molecule has 23 heavy (non-hydrogen) atoms. The zero-order chi connectivity index (χ0) is 16.9. The Hall–Kier alpha value is -1.61. The lowest BCUT2D eigenvalue weighted by Crippen LogP contribution is -2.26. The Morgan fingerprint density at radius 2 is 2.13 bits per heavy atom. The zero-order valence-corrected chi connectivity index (χ0v) is 13.8. The monoisotopic (exact) mass is 364 g/mol. The number of aryl methyl sites for hydroxylation is 1. The van der Waals surface area contributed by atoms with Crippen molar-refractivity contribution < 1.29 is 13.2 Å². The summed E-state index contributed by atoms with van der Waals surface area (Å²) >= 11 is 7.52. The Morgan fingerprint density at radius 1 is 1.43 bits per heavy atom. The molecule has 2 aromatic rings. The van der Waals surface area contributed by atoms with Gasteiger partial charge in [-0.25, -0.2) is 13.8 Å². The van der Waals surface area contributed by atoms with Gasteiger partial charge in [-0.3, -0.25) is 0 Å². The molecule has 0 saturated heterocycles. The van der Waals surface area contributed by atoms with Crippen LogP contribution < -0.4 is 9.99 Å². The van der Waals surface area contributed by atoms with E-state index in [0.717, 1.165) is 6.07 Å². The van der Waals surface area contributed by atoms with Crippen LogP contribution in [0, 0.1) is 12.7 Å². The van der Waals surface area contributed by atoms with E-state index in [1.807, 2.05) is 11.2 Å². The number of nitrogens with zero attached hydrogens (tertiary/aromatic N) is 4. The fourth-order valence-corrected chi connectivity index (χ4v) is 4.03. The molecule has 0 saturated carbocycles. The number of rotatable bonds is 3. The lowest BCUT2D eigenvalue weighted by atomic mass is 10.1. The molecule has 0 spiro atoms. The van der Waals surface area contributed by atoms with Crippen molar-refractivity contribution in [2.45, 2.75) is 26.1 Å². The summed E-state index contributed by atoms with van der Waals surface area (Å²) in [6.07, 6.45) is 0. The van der Waals surface area contributed by atoms with Gasteiger partial charge in [0.05, 0.1) is 10.7 Å². The molecule has 0 fully saturated rings. The highest BCUT2D eigenvalue weighted by Gasteiger charge is 2.30. The third kappa shape index (κ3) is 2.42. The standard InChI is InChI=1S/C13H12ClF3N4OS/c1-3-19-10-7(5-23-19)11(9(15)4-8(10)14)21-13(22)20(12(16)17)6(2)18-21/h4,12H,3,5H2,1-2H3. The first-order valence-electron chi connectivity index (χ1n) is 6.74. The third-order valence-electron chi connectivity index (χ3n) is 3.57.